The van der Waals surface area contributed by atoms with Crippen molar-refractivity contribution in [1.29, 1.82) is 0 Å². The molecule has 1 amide bonds. The van der Waals surface area contributed by atoms with Gasteiger partial charge < -0.3 is 10.1 Å². The Labute approximate surface area is 171 Å². The predicted molar refractivity (Wildman–Crippen MR) is 111 cm³/mol. The van der Waals surface area contributed by atoms with Crippen molar-refractivity contribution in [1.82, 2.24) is 20.1 Å². The molecule has 3 aromatic rings. The van der Waals surface area contributed by atoms with E-state index < -0.39 is 0 Å². The molecule has 0 bridgehead atoms. The number of rotatable bonds is 6. The number of ether oxygens (including phenoxy) is 1. The summed E-state index contributed by atoms with van der Waals surface area (Å²) in [5.74, 6) is -0.130. The van der Waals surface area contributed by atoms with E-state index in [0.717, 1.165) is 54.1 Å². The number of nitrogens with zero attached hydrogens (tertiary/aromatic N) is 4. The van der Waals surface area contributed by atoms with Gasteiger partial charge in [-0.2, -0.15) is 0 Å². The summed E-state index contributed by atoms with van der Waals surface area (Å²) in [6, 6.07) is 8.46. The van der Waals surface area contributed by atoms with Crippen LogP contribution in [0, 0.1) is 6.92 Å². The van der Waals surface area contributed by atoms with E-state index in [1.165, 1.54) is 16.9 Å². The standard InChI is InChI=1S/C19H21N5O2S2/c1-13-22-23-19(28-13)21-17(25)10-16-12-27-18(20-16)15-4-2-3-14(9-15)11-24-5-7-26-8-6-24/h2-4,9,12H,5-8,10-11H2,1H3,(H,21,23,25). The van der Waals surface area contributed by atoms with E-state index in [1.807, 2.05) is 12.3 Å². The predicted octanol–water partition coefficient (Wildman–Crippen LogP) is 2.98. The number of nitrogens with one attached hydrogen (secondary N) is 1. The van der Waals surface area contributed by atoms with E-state index in [0.29, 0.717) is 5.13 Å². The first-order valence-electron chi connectivity index (χ1n) is 9.09. The van der Waals surface area contributed by atoms with E-state index in [1.54, 1.807) is 11.3 Å². The van der Waals surface area contributed by atoms with Gasteiger partial charge in [-0.15, -0.1) is 21.5 Å². The summed E-state index contributed by atoms with van der Waals surface area (Å²) >= 11 is 2.92. The van der Waals surface area contributed by atoms with Crippen molar-refractivity contribution in [2.24, 2.45) is 0 Å². The zero-order valence-electron chi connectivity index (χ0n) is 15.6. The molecule has 4 rings (SSSR count). The Morgan fingerprint density at radius 2 is 2.14 bits per heavy atom. The molecule has 1 N–H and O–H groups in total. The molecule has 7 nitrogen and oxygen atoms in total. The summed E-state index contributed by atoms with van der Waals surface area (Å²) in [6.45, 7) is 6.30. The van der Waals surface area contributed by atoms with Gasteiger partial charge in [-0.25, -0.2) is 4.98 Å². The monoisotopic (exact) mass is 415 g/mol. The number of anilines is 1. The minimum absolute atomic E-state index is 0.130. The molecule has 0 aliphatic carbocycles. The summed E-state index contributed by atoms with van der Waals surface area (Å²) in [6.07, 6.45) is 0.225. The highest BCUT2D eigenvalue weighted by atomic mass is 32.1. The second kappa shape index (κ2) is 8.87. The zero-order valence-corrected chi connectivity index (χ0v) is 17.2. The largest absolute Gasteiger partial charge is 0.379 e. The number of amides is 1. The molecule has 9 heteroatoms. The second-order valence-electron chi connectivity index (χ2n) is 6.58. The van der Waals surface area contributed by atoms with Crippen LogP contribution in [0.1, 0.15) is 16.3 Å². The highest BCUT2D eigenvalue weighted by Crippen LogP contribution is 2.25. The van der Waals surface area contributed by atoms with Gasteiger partial charge in [0.05, 0.1) is 25.3 Å². The van der Waals surface area contributed by atoms with Crippen LogP contribution in [0.4, 0.5) is 5.13 Å². The molecule has 0 radical (unpaired) electrons. The van der Waals surface area contributed by atoms with Gasteiger partial charge in [0.1, 0.15) is 10.0 Å². The Hall–Kier alpha value is -2.20. The molecule has 0 unspecified atom stereocenters. The average molecular weight is 416 g/mol. The summed E-state index contributed by atoms with van der Waals surface area (Å²) in [7, 11) is 0. The van der Waals surface area contributed by atoms with E-state index in [2.05, 4.69) is 49.7 Å². The van der Waals surface area contributed by atoms with Crippen LogP contribution in [0.2, 0.25) is 0 Å². The lowest BCUT2D eigenvalue weighted by Gasteiger charge is -2.26. The van der Waals surface area contributed by atoms with Crippen LogP contribution < -0.4 is 5.32 Å². The molecule has 2 aromatic heterocycles. The Bertz CT molecular complexity index is 949. The first kappa shape index (κ1) is 19.1. The summed E-state index contributed by atoms with van der Waals surface area (Å²) in [4.78, 5) is 19.2. The van der Waals surface area contributed by atoms with Crippen molar-refractivity contribution in [2.45, 2.75) is 19.9 Å². The minimum atomic E-state index is -0.130. The highest BCUT2D eigenvalue weighted by Gasteiger charge is 2.13. The maximum Gasteiger partial charge on any atom is 0.232 e. The molecule has 1 aromatic carbocycles. The molecular weight excluding hydrogens is 394 g/mol. The third-order valence-electron chi connectivity index (χ3n) is 4.35. The molecule has 1 aliphatic rings. The van der Waals surface area contributed by atoms with Crippen LogP contribution in [0.5, 0.6) is 0 Å². The molecule has 1 aliphatic heterocycles. The molecule has 28 heavy (non-hydrogen) atoms. The average Bonchev–Trinajstić information content (AvgIpc) is 3.32. The van der Waals surface area contributed by atoms with Gasteiger partial charge >= 0.3 is 0 Å². The lowest BCUT2D eigenvalue weighted by Crippen LogP contribution is -2.35. The van der Waals surface area contributed by atoms with Crippen LogP contribution in [0.15, 0.2) is 29.6 Å². The van der Waals surface area contributed by atoms with Gasteiger partial charge in [0.15, 0.2) is 0 Å². The van der Waals surface area contributed by atoms with Gasteiger partial charge in [-0.05, 0) is 18.6 Å². The lowest BCUT2D eigenvalue weighted by molar-refractivity contribution is -0.115. The van der Waals surface area contributed by atoms with Crippen molar-refractivity contribution in [3.63, 3.8) is 0 Å². The number of aryl methyl sites for hydroxylation is 1. The van der Waals surface area contributed by atoms with Crippen LogP contribution in [0.25, 0.3) is 10.6 Å². The van der Waals surface area contributed by atoms with Gasteiger partial charge in [0.25, 0.3) is 0 Å². The number of morpholine rings is 1. The van der Waals surface area contributed by atoms with Crippen molar-refractivity contribution < 1.29 is 9.53 Å². The third-order valence-corrected chi connectivity index (χ3v) is 6.04. The van der Waals surface area contributed by atoms with Crippen LogP contribution in [-0.2, 0) is 22.5 Å². The van der Waals surface area contributed by atoms with Gasteiger partial charge in [0, 0.05) is 30.6 Å². The smallest absolute Gasteiger partial charge is 0.232 e. The molecule has 3 heterocycles. The van der Waals surface area contributed by atoms with Crippen LogP contribution >= 0.6 is 22.7 Å². The number of carbonyl (C=O) groups excluding carboxylic acids is 1. The zero-order chi connectivity index (χ0) is 19.3. The van der Waals surface area contributed by atoms with Gasteiger partial charge in [-0.3, -0.25) is 9.69 Å². The van der Waals surface area contributed by atoms with Crippen molar-refractivity contribution in [2.75, 3.05) is 31.6 Å². The number of benzene rings is 1. The molecule has 0 saturated carbocycles. The Kier molecular flexibility index (Phi) is 6.06. The van der Waals surface area contributed by atoms with Gasteiger partial charge in [0.2, 0.25) is 11.0 Å². The minimum Gasteiger partial charge on any atom is -0.379 e. The van der Waals surface area contributed by atoms with Crippen molar-refractivity contribution in [3.8, 4) is 10.6 Å². The van der Waals surface area contributed by atoms with Gasteiger partial charge in [-0.1, -0.05) is 29.5 Å². The van der Waals surface area contributed by atoms with Crippen LogP contribution in [-0.4, -0.2) is 52.3 Å². The number of hydrogen-bond acceptors (Lipinski definition) is 8. The second-order valence-corrected chi connectivity index (χ2v) is 8.62. The quantitative estimate of drug-likeness (QED) is 0.667. The SMILES string of the molecule is Cc1nnc(NC(=O)Cc2csc(-c3cccc(CN4CCOCC4)c3)n2)s1. The molecular formula is C19H21N5O2S2. The van der Waals surface area contributed by atoms with E-state index >= 15 is 0 Å². The molecule has 1 fully saturated rings. The van der Waals surface area contributed by atoms with Crippen molar-refractivity contribution in [3.05, 3.63) is 45.9 Å². The molecule has 0 atom stereocenters. The van der Waals surface area contributed by atoms with Crippen LogP contribution in [0.3, 0.4) is 0 Å². The Balaban J connectivity index is 1.39. The first-order chi connectivity index (χ1) is 13.7. The summed E-state index contributed by atoms with van der Waals surface area (Å²) in [5, 5.41) is 14.8. The molecule has 0 spiro atoms. The Morgan fingerprint density at radius 1 is 1.29 bits per heavy atom. The fraction of sp³-hybridized carbons (Fsp3) is 0.368. The first-order valence-corrected chi connectivity index (χ1v) is 10.8. The number of aromatic nitrogens is 3. The number of thiazole rings is 1. The fourth-order valence-corrected chi connectivity index (χ4v) is 4.44. The van der Waals surface area contributed by atoms with E-state index in [-0.39, 0.29) is 12.3 Å². The van der Waals surface area contributed by atoms with E-state index in [4.69, 9.17) is 4.74 Å². The summed E-state index contributed by atoms with van der Waals surface area (Å²) < 4.78 is 5.41. The highest BCUT2D eigenvalue weighted by molar-refractivity contribution is 7.15. The Morgan fingerprint density at radius 3 is 2.93 bits per heavy atom. The maximum atomic E-state index is 12.2. The lowest BCUT2D eigenvalue weighted by atomic mass is 10.1. The molecule has 1 saturated heterocycles. The fourth-order valence-electron chi connectivity index (χ4n) is 3.02. The topological polar surface area (TPSA) is 80.2 Å². The molecule has 146 valence electrons. The maximum absolute atomic E-state index is 12.2. The number of carbonyl (C=O) groups is 1. The normalized spacial score (nSPS) is 14.9. The summed E-state index contributed by atoms with van der Waals surface area (Å²) in [5.41, 5.74) is 3.11. The van der Waals surface area contributed by atoms with Crippen molar-refractivity contribution >= 4 is 33.7 Å². The van der Waals surface area contributed by atoms with E-state index in [9.17, 15) is 4.79 Å². The third kappa shape index (κ3) is 4.99. The number of hydrogen-bond donors (Lipinski definition) is 1.